The smallest absolute Gasteiger partial charge is 0.325 e. The largest absolute Gasteiger partial charge is 0.480 e. The van der Waals surface area contributed by atoms with E-state index in [0.29, 0.717) is 5.52 Å². The lowest BCUT2D eigenvalue weighted by atomic mass is 10.2. The summed E-state index contributed by atoms with van der Waals surface area (Å²) in [5.74, 6) is -1.67. The number of non-ortho nitro benzene ring substituents is 1. The lowest BCUT2D eigenvalue weighted by Crippen LogP contribution is -2.19. The number of carbonyl (C=O) groups excluding carboxylic acids is 1. The number of hydrogen-bond acceptors (Lipinski definition) is 5. The van der Waals surface area contributed by atoms with Gasteiger partial charge in [0.2, 0.25) is 0 Å². The van der Waals surface area contributed by atoms with Gasteiger partial charge in [0.1, 0.15) is 6.54 Å². The molecule has 9 nitrogen and oxygen atoms in total. The molecule has 9 heteroatoms. The number of aliphatic carboxylic acids is 1. The molecular formula is C11H10N4O5. The van der Waals surface area contributed by atoms with Crippen LogP contribution in [0.2, 0.25) is 0 Å². The van der Waals surface area contributed by atoms with Crippen molar-refractivity contribution in [3.63, 3.8) is 0 Å². The molecule has 20 heavy (non-hydrogen) atoms. The van der Waals surface area contributed by atoms with E-state index in [9.17, 15) is 19.7 Å². The SMILES string of the molecule is CNC(=O)c1nn(CC(=O)O)c2ccc([N+](=O)[O-])cc12. The third-order valence-electron chi connectivity index (χ3n) is 2.67. The zero-order valence-corrected chi connectivity index (χ0v) is 10.4. The summed E-state index contributed by atoms with van der Waals surface area (Å²) in [4.78, 5) is 32.6. The first-order chi connectivity index (χ1) is 9.43. The molecule has 0 saturated heterocycles. The molecule has 2 N–H and O–H groups in total. The fraction of sp³-hybridized carbons (Fsp3) is 0.182. The first-order valence-corrected chi connectivity index (χ1v) is 5.53. The normalized spacial score (nSPS) is 10.4. The Bertz CT molecular complexity index is 721. The standard InChI is InChI=1S/C11H10N4O5/c1-12-11(18)10-7-4-6(15(19)20)2-3-8(7)14(13-10)5-9(16)17/h2-4H,5H2,1H3,(H,12,18)(H,16,17). The minimum Gasteiger partial charge on any atom is -0.480 e. The van der Waals surface area contributed by atoms with Crippen LogP contribution >= 0.6 is 0 Å². The van der Waals surface area contributed by atoms with Crippen LogP contribution in [0.5, 0.6) is 0 Å². The number of nitrogens with one attached hydrogen (secondary N) is 1. The molecule has 0 aliphatic rings. The maximum atomic E-state index is 11.7. The third kappa shape index (κ3) is 2.28. The van der Waals surface area contributed by atoms with E-state index in [4.69, 9.17) is 5.11 Å². The summed E-state index contributed by atoms with van der Waals surface area (Å²) in [6.07, 6.45) is 0. The highest BCUT2D eigenvalue weighted by molar-refractivity contribution is 6.05. The Hall–Kier alpha value is -2.97. The van der Waals surface area contributed by atoms with Gasteiger partial charge in [-0.1, -0.05) is 0 Å². The van der Waals surface area contributed by atoms with Crippen LogP contribution in [0.25, 0.3) is 10.9 Å². The number of nitro benzene ring substituents is 1. The Morgan fingerprint density at radius 2 is 2.20 bits per heavy atom. The van der Waals surface area contributed by atoms with Gasteiger partial charge in [0, 0.05) is 24.6 Å². The van der Waals surface area contributed by atoms with E-state index in [1.807, 2.05) is 0 Å². The van der Waals surface area contributed by atoms with Gasteiger partial charge in [0.05, 0.1) is 10.4 Å². The summed E-state index contributed by atoms with van der Waals surface area (Å²) in [7, 11) is 1.39. The number of rotatable bonds is 4. The van der Waals surface area contributed by atoms with Gasteiger partial charge in [-0.3, -0.25) is 24.4 Å². The molecule has 0 fully saturated rings. The molecular weight excluding hydrogens is 268 g/mol. The Labute approximate surface area is 112 Å². The number of carboxylic acids is 1. The Morgan fingerprint density at radius 1 is 1.50 bits per heavy atom. The van der Waals surface area contributed by atoms with Crippen LogP contribution in [0.3, 0.4) is 0 Å². The average molecular weight is 278 g/mol. The number of carbonyl (C=O) groups is 2. The molecule has 104 valence electrons. The number of fused-ring (bicyclic) bond motifs is 1. The molecule has 0 atom stereocenters. The number of amides is 1. The quantitative estimate of drug-likeness (QED) is 0.615. The third-order valence-corrected chi connectivity index (χ3v) is 2.67. The van der Waals surface area contributed by atoms with Gasteiger partial charge < -0.3 is 10.4 Å². The highest BCUT2D eigenvalue weighted by atomic mass is 16.6. The summed E-state index contributed by atoms with van der Waals surface area (Å²) in [5, 5.41) is 26.1. The van der Waals surface area contributed by atoms with Crippen LogP contribution in [0.1, 0.15) is 10.5 Å². The van der Waals surface area contributed by atoms with Crippen molar-refractivity contribution in [2.75, 3.05) is 7.05 Å². The number of aromatic nitrogens is 2. The van der Waals surface area contributed by atoms with Crippen LogP contribution in [0.4, 0.5) is 5.69 Å². The van der Waals surface area contributed by atoms with E-state index >= 15 is 0 Å². The molecule has 2 rings (SSSR count). The molecule has 1 aromatic carbocycles. The topological polar surface area (TPSA) is 127 Å². The van der Waals surface area contributed by atoms with E-state index in [0.717, 1.165) is 4.68 Å². The lowest BCUT2D eigenvalue weighted by Gasteiger charge is -1.98. The monoisotopic (exact) mass is 278 g/mol. The van der Waals surface area contributed by atoms with Gasteiger partial charge in [0.25, 0.3) is 11.6 Å². The Kier molecular flexibility index (Phi) is 3.34. The molecule has 0 radical (unpaired) electrons. The molecule has 0 aliphatic carbocycles. The van der Waals surface area contributed by atoms with Crippen molar-refractivity contribution in [2.45, 2.75) is 6.54 Å². The molecule has 0 bridgehead atoms. The predicted molar refractivity (Wildman–Crippen MR) is 67.4 cm³/mol. The van der Waals surface area contributed by atoms with Crippen LogP contribution in [0.15, 0.2) is 18.2 Å². The minimum atomic E-state index is -1.13. The molecule has 0 aliphatic heterocycles. The fourth-order valence-electron chi connectivity index (χ4n) is 1.82. The molecule has 2 aromatic rings. The Morgan fingerprint density at radius 3 is 2.75 bits per heavy atom. The number of hydrogen-bond donors (Lipinski definition) is 2. The number of carboxylic acid groups (broad SMARTS) is 1. The van der Waals surface area contributed by atoms with Gasteiger partial charge in [0.15, 0.2) is 5.69 Å². The van der Waals surface area contributed by atoms with E-state index in [2.05, 4.69) is 10.4 Å². The van der Waals surface area contributed by atoms with Crippen molar-refractivity contribution in [3.8, 4) is 0 Å². The van der Waals surface area contributed by atoms with Crippen molar-refractivity contribution >= 4 is 28.5 Å². The highest BCUT2D eigenvalue weighted by Gasteiger charge is 2.20. The van der Waals surface area contributed by atoms with E-state index in [-0.39, 0.29) is 16.8 Å². The summed E-state index contributed by atoms with van der Waals surface area (Å²) in [6.45, 7) is -0.439. The summed E-state index contributed by atoms with van der Waals surface area (Å²) < 4.78 is 1.12. The second kappa shape index (κ2) is 4.96. The fourth-order valence-corrected chi connectivity index (χ4v) is 1.82. The Balaban J connectivity index is 2.69. The molecule has 0 unspecified atom stereocenters. The van der Waals surface area contributed by atoms with Crippen LogP contribution in [-0.4, -0.2) is 38.7 Å². The van der Waals surface area contributed by atoms with Gasteiger partial charge in [-0.15, -0.1) is 0 Å². The van der Waals surface area contributed by atoms with Gasteiger partial charge >= 0.3 is 5.97 Å². The maximum Gasteiger partial charge on any atom is 0.325 e. The average Bonchev–Trinajstić information content (AvgIpc) is 2.75. The number of nitrogens with zero attached hydrogens (tertiary/aromatic N) is 3. The summed E-state index contributed by atoms with van der Waals surface area (Å²) >= 11 is 0. The second-order valence-electron chi connectivity index (χ2n) is 3.94. The van der Waals surface area contributed by atoms with Crippen molar-refractivity contribution in [3.05, 3.63) is 34.0 Å². The molecule has 0 saturated carbocycles. The van der Waals surface area contributed by atoms with E-state index in [1.54, 1.807) is 0 Å². The van der Waals surface area contributed by atoms with Gasteiger partial charge in [-0.25, -0.2) is 0 Å². The molecule has 1 heterocycles. The minimum absolute atomic E-state index is 0.0487. The summed E-state index contributed by atoms with van der Waals surface area (Å²) in [6, 6.07) is 3.80. The zero-order valence-electron chi connectivity index (χ0n) is 10.4. The van der Waals surface area contributed by atoms with Crippen LogP contribution in [0, 0.1) is 10.1 Å². The van der Waals surface area contributed by atoms with Gasteiger partial charge in [-0.2, -0.15) is 5.10 Å². The summed E-state index contributed by atoms with van der Waals surface area (Å²) in [5.41, 5.74) is 0.0987. The van der Waals surface area contributed by atoms with E-state index in [1.165, 1.54) is 25.2 Å². The number of nitro groups is 1. The first kappa shape index (κ1) is 13.5. The zero-order chi connectivity index (χ0) is 14.9. The second-order valence-corrected chi connectivity index (χ2v) is 3.94. The highest BCUT2D eigenvalue weighted by Crippen LogP contribution is 2.24. The van der Waals surface area contributed by atoms with Crippen LogP contribution < -0.4 is 5.32 Å². The predicted octanol–water partition coefficient (Wildman–Crippen LogP) is 0.389. The molecule has 1 aromatic heterocycles. The molecule has 0 spiro atoms. The van der Waals surface area contributed by atoms with Gasteiger partial charge in [-0.05, 0) is 6.07 Å². The van der Waals surface area contributed by atoms with Crippen molar-refractivity contribution < 1.29 is 19.6 Å². The first-order valence-electron chi connectivity index (χ1n) is 5.53. The molecule has 1 amide bonds. The van der Waals surface area contributed by atoms with E-state index < -0.39 is 23.3 Å². The lowest BCUT2D eigenvalue weighted by molar-refractivity contribution is -0.384. The van der Waals surface area contributed by atoms with Crippen molar-refractivity contribution in [2.24, 2.45) is 0 Å². The number of benzene rings is 1. The maximum absolute atomic E-state index is 11.7. The van der Waals surface area contributed by atoms with Crippen LogP contribution in [-0.2, 0) is 11.3 Å². The van der Waals surface area contributed by atoms with Crippen molar-refractivity contribution in [1.29, 1.82) is 0 Å². The van der Waals surface area contributed by atoms with Crippen molar-refractivity contribution in [1.82, 2.24) is 15.1 Å².